The maximum Gasteiger partial charge on any atom is 0.573 e. The Morgan fingerprint density at radius 3 is 1.93 bits per heavy atom. The van der Waals surface area contributed by atoms with E-state index in [0.29, 0.717) is 23.7 Å². The van der Waals surface area contributed by atoms with Crippen LogP contribution in [-0.4, -0.2) is 25.0 Å². The summed E-state index contributed by atoms with van der Waals surface area (Å²) in [6.45, 7) is 10.3. The highest BCUT2D eigenvalue weighted by Gasteiger charge is 2.31. The number of esters is 1. The minimum absolute atomic E-state index is 0.0189. The maximum absolute atomic E-state index is 12.7. The van der Waals surface area contributed by atoms with Crippen LogP contribution in [0.3, 0.4) is 0 Å². The number of alkyl halides is 3. The van der Waals surface area contributed by atoms with Gasteiger partial charge in [-0.05, 0) is 79.3 Å². The molecular formula is C31H35F3O6. The molecule has 0 N–H and O–H groups in total. The van der Waals surface area contributed by atoms with Gasteiger partial charge in [-0.15, -0.1) is 13.2 Å². The summed E-state index contributed by atoms with van der Waals surface area (Å²) in [7, 11) is 0. The van der Waals surface area contributed by atoms with Crippen LogP contribution in [0.5, 0.6) is 34.5 Å². The molecule has 9 heteroatoms. The first-order valence-corrected chi connectivity index (χ1v) is 13.2. The highest BCUT2D eigenvalue weighted by Crippen LogP contribution is 2.38. The van der Waals surface area contributed by atoms with Gasteiger partial charge in [-0.25, -0.2) is 4.79 Å². The fraction of sp³-hybridized carbons (Fsp3) is 0.387. The number of carbonyl (C=O) groups excluding carboxylic acids is 1. The molecule has 0 aliphatic heterocycles. The molecule has 1 unspecified atom stereocenters. The summed E-state index contributed by atoms with van der Waals surface area (Å²) in [6.07, 6.45) is -3.60. The monoisotopic (exact) mass is 560 g/mol. The van der Waals surface area contributed by atoms with Crippen molar-refractivity contribution < 1.29 is 41.7 Å². The Balaban J connectivity index is 1.89. The molecular weight excluding hydrogens is 525 g/mol. The lowest BCUT2D eigenvalue weighted by atomic mass is 9.87. The van der Waals surface area contributed by atoms with Gasteiger partial charge < -0.3 is 23.7 Å². The molecule has 3 aromatic rings. The standard InChI is InChI=1S/C31H35F3O6/c1-6-8-9-27(29(35)36-7-2)39-28-20-25(37-22-14-16-24(17-15-22)40-31(32,33)34)18-19-26(28)38-23-12-10-21(11-13-23)30(3,4)5/h10-20,27H,6-9H2,1-5H3. The molecule has 0 aromatic heterocycles. The maximum atomic E-state index is 12.7. The van der Waals surface area contributed by atoms with Crippen molar-refractivity contribution in [1.82, 2.24) is 0 Å². The summed E-state index contributed by atoms with van der Waals surface area (Å²) < 4.78 is 64.7. The molecule has 0 bridgehead atoms. The summed E-state index contributed by atoms with van der Waals surface area (Å²) in [5.41, 5.74) is 1.13. The van der Waals surface area contributed by atoms with Crippen molar-refractivity contribution in [2.45, 2.75) is 71.8 Å². The van der Waals surface area contributed by atoms with E-state index in [4.69, 9.17) is 18.9 Å². The van der Waals surface area contributed by atoms with Gasteiger partial charge in [0.1, 0.15) is 23.0 Å². The number of hydrogen-bond donors (Lipinski definition) is 0. The first-order valence-electron chi connectivity index (χ1n) is 13.2. The average molecular weight is 561 g/mol. The third-order valence-corrected chi connectivity index (χ3v) is 5.79. The average Bonchev–Trinajstić information content (AvgIpc) is 2.88. The van der Waals surface area contributed by atoms with E-state index in [2.05, 4.69) is 25.5 Å². The van der Waals surface area contributed by atoms with Crippen molar-refractivity contribution in [2.75, 3.05) is 6.61 Å². The van der Waals surface area contributed by atoms with E-state index in [1.54, 1.807) is 25.1 Å². The Hall–Kier alpha value is -3.88. The van der Waals surface area contributed by atoms with Gasteiger partial charge in [-0.1, -0.05) is 46.2 Å². The van der Waals surface area contributed by atoms with Gasteiger partial charge in [0.15, 0.2) is 17.6 Å². The fourth-order valence-electron chi connectivity index (χ4n) is 3.73. The molecule has 216 valence electrons. The number of carbonyl (C=O) groups is 1. The van der Waals surface area contributed by atoms with Crippen molar-refractivity contribution >= 4 is 5.97 Å². The largest absolute Gasteiger partial charge is 0.573 e. The first kappa shape index (κ1) is 30.7. The molecule has 0 amide bonds. The van der Waals surface area contributed by atoms with E-state index in [0.717, 1.165) is 30.5 Å². The summed E-state index contributed by atoms with van der Waals surface area (Å²) in [4.78, 5) is 12.7. The molecule has 6 nitrogen and oxygen atoms in total. The second-order valence-corrected chi connectivity index (χ2v) is 10.1. The van der Waals surface area contributed by atoms with E-state index >= 15 is 0 Å². The van der Waals surface area contributed by atoms with Crippen LogP contribution in [0.4, 0.5) is 13.2 Å². The Morgan fingerprint density at radius 2 is 1.35 bits per heavy atom. The van der Waals surface area contributed by atoms with E-state index in [-0.39, 0.29) is 29.3 Å². The van der Waals surface area contributed by atoms with Crippen LogP contribution in [0.15, 0.2) is 66.7 Å². The summed E-state index contributed by atoms with van der Waals surface area (Å²) in [6, 6.07) is 17.6. The second kappa shape index (κ2) is 13.5. The molecule has 0 saturated heterocycles. The normalized spacial score (nSPS) is 12.4. The lowest BCUT2D eigenvalue weighted by Gasteiger charge is -2.21. The van der Waals surface area contributed by atoms with Crippen LogP contribution in [0, 0.1) is 0 Å². The van der Waals surface area contributed by atoms with Crippen molar-refractivity contribution in [1.29, 1.82) is 0 Å². The van der Waals surface area contributed by atoms with Gasteiger partial charge in [-0.3, -0.25) is 0 Å². The fourth-order valence-corrected chi connectivity index (χ4v) is 3.73. The van der Waals surface area contributed by atoms with Crippen LogP contribution >= 0.6 is 0 Å². The smallest absolute Gasteiger partial charge is 0.475 e. The minimum Gasteiger partial charge on any atom is -0.475 e. The van der Waals surface area contributed by atoms with Gasteiger partial charge in [0, 0.05) is 6.07 Å². The van der Waals surface area contributed by atoms with Crippen molar-refractivity contribution in [3.05, 3.63) is 72.3 Å². The van der Waals surface area contributed by atoms with Gasteiger partial charge in [-0.2, -0.15) is 0 Å². The third-order valence-electron chi connectivity index (χ3n) is 5.79. The van der Waals surface area contributed by atoms with Crippen LogP contribution in [0.25, 0.3) is 0 Å². The number of unbranched alkanes of at least 4 members (excludes halogenated alkanes) is 1. The Morgan fingerprint density at radius 1 is 0.775 bits per heavy atom. The lowest BCUT2D eigenvalue weighted by Crippen LogP contribution is -2.29. The quantitative estimate of drug-likeness (QED) is 0.206. The lowest BCUT2D eigenvalue weighted by molar-refractivity contribution is -0.274. The van der Waals surface area contributed by atoms with Crippen LogP contribution < -0.4 is 18.9 Å². The number of hydrogen-bond acceptors (Lipinski definition) is 6. The highest BCUT2D eigenvalue weighted by atomic mass is 19.4. The third kappa shape index (κ3) is 9.39. The molecule has 0 fully saturated rings. The van der Waals surface area contributed by atoms with Gasteiger partial charge in [0.25, 0.3) is 0 Å². The van der Waals surface area contributed by atoms with Gasteiger partial charge >= 0.3 is 12.3 Å². The molecule has 1 atom stereocenters. The molecule has 0 saturated carbocycles. The summed E-state index contributed by atoms with van der Waals surface area (Å²) >= 11 is 0. The zero-order valence-electron chi connectivity index (χ0n) is 23.3. The predicted molar refractivity (Wildman–Crippen MR) is 145 cm³/mol. The molecule has 0 spiro atoms. The number of rotatable bonds is 12. The van der Waals surface area contributed by atoms with E-state index < -0.39 is 18.4 Å². The molecule has 0 radical (unpaired) electrons. The number of benzene rings is 3. The highest BCUT2D eigenvalue weighted by molar-refractivity contribution is 5.75. The summed E-state index contributed by atoms with van der Waals surface area (Å²) in [5, 5.41) is 0. The Kier molecular flexibility index (Phi) is 10.3. The van der Waals surface area contributed by atoms with Crippen molar-refractivity contribution in [3.8, 4) is 34.5 Å². The van der Waals surface area contributed by atoms with Crippen LogP contribution in [0.2, 0.25) is 0 Å². The first-order chi connectivity index (χ1) is 18.9. The number of halogens is 3. The second-order valence-electron chi connectivity index (χ2n) is 10.1. The predicted octanol–water partition coefficient (Wildman–Crippen LogP) is 8.97. The molecule has 0 aliphatic carbocycles. The van der Waals surface area contributed by atoms with Gasteiger partial charge in [0.05, 0.1) is 6.61 Å². The van der Waals surface area contributed by atoms with E-state index in [1.165, 1.54) is 12.1 Å². The van der Waals surface area contributed by atoms with Gasteiger partial charge in [0.2, 0.25) is 0 Å². The van der Waals surface area contributed by atoms with Crippen molar-refractivity contribution in [2.24, 2.45) is 0 Å². The van der Waals surface area contributed by atoms with Crippen LogP contribution in [-0.2, 0) is 14.9 Å². The zero-order valence-corrected chi connectivity index (χ0v) is 23.3. The summed E-state index contributed by atoms with van der Waals surface area (Å²) in [5.74, 6) is 0.946. The Labute approximate surface area is 233 Å². The topological polar surface area (TPSA) is 63.2 Å². The van der Waals surface area contributed by atoms with E-state index in [9.17, 15) is 18.0 Å². The van der Waals surface area contributed by atoms with Crippen LogP contribution in [0.1, 0.15) is 59.4 Å². The number of ether oxygens (including phenoxy) is 5. The SMILES string of the molecule is CCCCC(Oc1cc(Oc2ccc(OC(F)(F)F)cc2)ccc1Oc1ccc(C(C)(C)C)cc1)C(=O)OCC. The molecule has 0 aliphatic rings. The molecule has 40 heavy (non-hydrogen) atoms. The van der Waals surface area contributed by atoms with Crippen molar-refractivity contribution in [3.63, 3.8) is 0 Å². The Bertz CT molecular complexity index is 1230. The molecule has 3 rings (SSSR count). The minimum atomic E-state index is -4.79. The molecule has 0 heterocycles. The zero-order chi connectivity index (χ0) is 29.3. The van der Waals surface area contributed by atoms with E-state index in [1.807, 2.05) is 31.2 Å². The molecule has 3 aromatic carbocycles.